The fourth-order valence-corrected chi connectivity index (χ4v) is 2.97. The molecule has 0 aromatic carbocycles. The maximum Gasteiger partial charge on any atom is 0.191 e. The number of aromatic amines is 1. The largest absolute Gasteiger partial charge is 0.358 e. The second kappa shape index (κ2) is 4.88. The van der Waals surface area contributed by atoms with Crippen molar-refractivity contribution in [1.29, 1.82) is 0 Å². The first-order valence-electron chi connectivity index (χ1n) is 7.10. The minimum atomic E-state index is -0.0382. The highest BCUT2D eigenvalue weighted by molar-refractivity contribution is 6.29. The molecule has 1 N–H and O–H groups in total. The molecule has 1 saturated carbocycles. The van der Waals surface area contributed by atoms with E-state index < -0.39 is 0 Å². The lowest BCUT2D eigenvalue weighted by Crippen LogP contribution is -2.05. The lowest BCUT2D eigenvalue weighted by Gasteiger charge is -2.04. The molecule has 1 aliphatic rings. The van der Waals surface area contributed by atoms with Crippen LogP contribution in [0.15, 0.2) is 35.4 Å². The minimum Gasteiger partial charge on any atom is -0.358 e. The normalized spacial score (nSPS) is 20.3. The number of halogens is 1. The van der Waals surface area contributed by atoms with Gasteiger partial charge in [0.25, 0.3) is 0 Å². The number of fused-ring (bicyclic) bond motifs is 1. The third kappa shape index (κ3) is 2.27. The van der Waals surface area contributed by atoms with Gasteiger partial charge in [-0.05, 0) is 25.5 Å². The molecule has 110 valence electrons. The van der Waals surface area contributed by atoms with Crippen molar-refractivity contribution >= 4 is 22.5 Å². The molecule has 1 aliphatic carbocycles. The van der Waals surface area contributed by atoms with E-state index in [1.807, 2.05) is 13.0 Å². The molecule has 0 aliphatic heterocycles. The summed E-state index contributed by atoms with van der Waals surface area (Å²) in [5, 5.41) is 0.923. The Balaban J connectivity index is 1.72. The highest BCUT2D eigenvalue weighted by atomic mass is 35.5. The number of nitrogens with one attached hydrogen (secondary N) is 1. The fourth-order valence-electron chi connectivity index (χ4n) is 2.81. The average molecular weight is 313 g/mol. The number of H-pyrrole nitrogens is 1. The van der Waals surface area contributed by atoms with Gasteiger partial charge >= 0.3 is 0 Å². The number of aromatic nitrogens is 4. The molecule has 3 aromatic heterocycles. The van der Waals surface area contributed by atoms with Crippen LogP contribution in [0.5, 0.6) is 0 Å². The Morgan fingerprint density at radius 2 is 2.14 bits per heavy atom. The molecule has 3 aromatic rings. The van der Waals surface area contributed by atoms with Gasteiger partial charge in [-0.15, -0.1) is 0 Å². The van der Waals surface area contributed by atoms with Crippen LogP contribution >= 0.6 is 11.6 Å². The Bertz CT molecular complexity index is 937. The van der Waals surface area contributed by atoms with Gasteiger partial charge < -0.3 is 4.98 Å². The van der Waals surface area contributed by atoms with Crippen molar-refractivity contribution in [2.24, 2.45) is 0 Å². The highest BCUT2D eigenvalue weighted by Crippen LogP contribution is 2.52. The van der Waals surface area contributed by atoms with Crippen LogP contribution in [0, 0.1) is 6.92 Å². The first-order valence-corrected chi connectivity index (χ1v) is 7.47. The van der Waals surface area contributed by atoms with E-state index >= 15 is 0 Å². The molecule has 1 fully saturated rings. The van der Waals surface area contributed by atoms with Gasteiger partial charge in [-0.25, -0.2) is 15.0 Å². The van der Waals surface area contributed by atoms with Crippen molar-refractivity contribution in [2.45, 2.75) is 25.2 Å². The van der Waals surface area contributed by atoms with Crippen molar-refractivity contribution in [2.75, 3.05) is 0 Å². The monoisotopic (exact) mass is 312 g/mol. The van der Waals surface area contributed by atoms with Crippen LogP contribution in [0.25, 0.3) is 10.9 Å². The molecule has 4 rings (SSSR count). The molecule has 0 amide bonds. The van der Waals surface area contributed by atoms with Gasteiger partial charge in [-0.2, -0.15) is 0 Å². The molecule has 22 heavy (non-hydrogen) atoms. The standard InChI is InChI=1S/C16H13ClN4O/c1-8-2-3-18-16(20-8)10-4-9(10)12-5-14(22)11-7-19-15(17)6-13(11)21-12/h2-3,5-7,9-10H,4H2,1H3,(H,21,22)/t9-,10-/m0/s1. The van der Waals surface area contributed by atoms with Crippen LogP contribution in [0.1, 0.15) is 35.5 Å². The topological polar surface area (TPSA) is 71.5 Å². The molecule has 0 bridgehead atoms. The van der Waals surface area contributed by atoms with Crippen LogP contribution in [0.2, 0.25) is 5.15 Å². The van der Waals surface area contributed by atoms with E-state index in [2.05, 4.69) is 19.9 Å². The number of hydrogen-bond acceptors (Lipinski definition) is 4. The van der Waals surface area contributed by atoms with E-state index in [1.54, 1.807) is 18.3 Å². The SMILES string of the molecule is Cc1ccnc([C@H]2C[C@@H]2c2cc(=O)c3cnc(Cl)cc3[nH]2)n1. The second-order valence-electron chi connectivity index (χ2n) is 5.65. The van der Waals surface area contributed by atoms with Gasteiger partial charge in [0.15, 0.2) is 5.43 Å². The van der Waals surface area contributed by atoms with Crippen molar-refractivity contribution in [3.63, 3.8) is 0 Å². The van der Waals surface area contributed by atoms with E-state index in [4.69, 9.17) is 11.6 Å². The van der Waals surface area contributed by atoms with Crippen LogP contribution in [-0.2, 0) is 0 Å². The van der Waals surface area contributed by atoms with Gasteiger partial charge in [-0.1, -0.05) is 11.6 Å². The van der Waals surface area contributed by atoms with Crippen LogP contribution < -0.4 is 5.43 Å². The highest BCUT2D eigenvalue weighted by Gasteiger charge is 2.42. The number of aryl methyl sites for hydroxylation is 1. The predicted octanol–water partition coefficient (Wildman–Crippen LogP) is 2.95. The molecule has 2 atom stereocenters. The molecular weight excluding hydrogens is 300 g/mol. The fraction of sp³-hybridized carbons (Fsp3) is 0.250. The van der Waals surface area contributed by atoms with E-state index in [0.717, 1.165) is 29.1 Å². The molecular formula is C16H13ClN4O. The van der Waals surface area contributed by atoms with Crippen molar-refractivity contribution in [1.82, 2.24) is 19.9 Å². The summed E-state index contributed by atoms with van der Waals surface area (Å²) in [5.41, 5.74) is 2.55. The predicted molar refractivity (Wildman–Crippen MR) is 84.2 cm³/mol. The molecule has 5 nitrogen and oxygen atoms in total. The molecule has 0 spiro atoms. The number of hydrogen-bond donors (Lipinski definition) is 1. The Hall–Kier alpha value is -2.27. The van der Waals surface area contributed by atoms with Gasteiger partial charge in [0, 0.05) is 41.7 Å². The van der Waals surface area contributed by atoms with Crippen LogP contribution in [0.3, 0.4) is 0 Å². The third-order valence-electron chi connectivity index (χ3n) is 4.04. The molecule has 3 heterocycles. The molecule has 0 radical (unpaired) electrons. The second-order valence-corrected chi connectivity index (χ2v) is 6.03. The quantitative estimate of drug-likeness (QED) is 0.738. The summed E-state index contributed by atoms with van der Waals surface area (Å²) in [6, 6.07) is 5.22. The Morgan fingerprint density at radius 3 is 2.95 bits per heavy atom. The van der Waals surface area contributed by atoms with E-state index in [9.17, 15) is 4.79 Å². The minimum absolute atomic E-state index is 0.0382. The summed E-state index contributed by atoms with van der Waals surface area (Å²) >= 11 is 5.91. The summed E-state index contributed by atoms with van der Waals surface area (Å²) in [6.45, 7) is 1.95. The molecule has 0 unspecified atom stereocenters. The number of pyridine rings is 2. The van der Waals surface area contributed by atoms with Crippen LogP contribution in [-0.4, -0.2) is 19.9 Å². The third-order valence-corrected chi connectivity index (χ3v) is 4.24. The summed E-state index contributed by atoms with van der Waals surface area (Å²) in [6.07, 6.45) is 4.24. The van der Waals surface area contributed by atoms with E-state index in [0.29, 0.717) is 10.5 Å². The zero-order valence-corrected chi connectivity index (χ0v) is 12.6. The first-order chi connectivity index (χ1) is 10.6. The lowest BCUT2D eigenvalue weighted by atomic mass is 10.1. The van der Waals surface area contributed by atoms with Crippen molar-refractivity contribution < 1.29 is 0 Å². The van der Waals surface area contributed by atoms with Crippen molar-refractivity contribution in [3.05, 3.63) is 63.2 Å². The number of rotatable bonds is 2. The molecule has 0 saturated heterocycles. The Kier molecular flexibility index (Phi) is 2.97. The zero-order chi connectivity index (χ0) is 15.3. The summed E-state index contributed by atoms with van der Waals surface area (Å²) in [5.74, 6) is 1.37. The van der Waals surface area contributed by atoms with Gasteiger partial charge in [0.2, 0.25) is 0 Å². The van der Waals surface area contributed by atoms with Gasteiger partial charge in [-0.3, -0.25) is 4.79 Å². The average Bonchev–Trinajstić information content (AvgIpc) is 3.27. The van der Waals surface area contributed by atoms with Crippen molar-refractivity contribution in [3.8, 4) is 0 Å². The van der Waals surface area contributed by atoms with E-state index in [-0.39, 0.29) is 17.3 Å². The number of nitrogens with zero attached hydrogens (tertiary/aromatic N) is 3. The smallest absolute Gasteiger partial charge is 0.191 e. The zero-order valence-electron chi connectivity index (χ0n) is 11.9. The first kappa shape index (κ1) is 13.4. The van der Waals surface area contributed by atoms with Gasteiger partial charge in [0.1, 0.15) is 11.0 Å². The van der Waals surface area contributed by atoms with E-state index in [1.165, 1.54) is 6.20 Å². The summed E-state index contributed by atoms with van der Waals surface area (Å²) in [4.78, 5) is 28.3. The van der Waals surface area contributed by atoms with Crippen LogP contribution in [0.4, 0.5) is 0 Å². The lowest BCUT2D eigenvalue weighted by molar-refractivity contribution is 0.866. The molecule has 6 heteroatoms. The maximum atomic E-state index is 12.2. The maximum absolute atomic E-state index is 12.2. The Morgan fingerprint density at radius 1 is 1.27 bits per heavy atom. The summed E-state index contributed by atoms with van der Waals surface area (Å²) in [7, 11) is 0. The Labute approximate surface area is 131 Å². The van der Waals surface area contributed by atoms with Gasteiger partial charge in [0.05, 0.1) is 10.9 Å². The summed E-state index contributed by atoms with van der Waals surface area (Å²) < 4.78 is 0.